The number of hydrogen-bond donors (Lipinski definition) is 7. The summed E-state index contributed by atoms with van der Waals surface area (Å²) in [6, 6.07) is 13.6. The predicted octanol–water partition coefficient (Wildman–Crippen LogP) is 2.81. The van der Waals surface area contributed by atoms with E-state index in [0.29, 0.717) is 5.69 Å². The number of hydrogen-bond acceptors (Lipinski definition) is 10. The first kappa shape index (κ1) is 28.2. The number of aromatic nitrogens is 5. The summed E-state index contributed by atoms with van der Waals surface area (Å²) in [6.07, 6.45) is -4.40. The third kappa shape index (κ3) is 5.62. The van der Waals surface area contributed by atoms with Crippen LogP contribution in [0.15, 0.2) is 48.8 Å². The van der Waals surface area contributed by atoms with Crippen LogP contribution >= 0.6 is 26.8 Å². The summed E-state index contributed by atoms with van der Waals surface area (Å²) in [5.41, 5.74) is 3.08. The number of benzene rings is 2. The van der Waals surface area contributed by atoms with Gasteiger partial charge in [0.15, 0.2) is 29.1 Å². The van der Waals surface area contributed by atoms with Crippen LogP contribution < -0.4 is 5.32 Å². The van der Waals surface area contributed by atoms with Crippen LogP contribution in [0.4, 0.5) is 11.5 Å². The molecule has 0 saturated carbocycles. The Morgan fingerprint density at radius 1 is 1.05 bits per heavy atom. The first-order chi connectivity index (χ1) is 19.4. The zero-order chi connectivity index (χ0) is 29.1. The van der Waals surface area contributed by atoms with Gasteiger partial charge < -0.3 is 44.5 Å². The number of aliphatic hydroxyl groups excluding tert-OH is 2. The minimum Gasteiger partial charge on any atom is -0.387 e. The standard InChI is InChI=1S/C23H23ClN6O9P2/c24-23-28-20(26-11-5-6-15-13(7-11)12-3-1-2-4-14(12)27-15)17-21(29-23)30(9-25-17)22-19(32)18(31)16(39-22)8-38-41(36,37)10-40(33,34)35/h1-7,9,16,18-19,22,27,31-32H,8,10H2,(H,36,37)(H,26,28,29)(H2,33,34,35). The normalized spacial score (nSPS) is 23.0. The molecule has 41 heavy (non-hydrogen) atoms. The second kappa shape index (κ2) is 10.4. The number of aliphatic hydroxyl groups is 2. The van der Waals surface area contributed by atoms with Crippen LogP contribution in [0.3, 0.4) is 0 Å². The van der Waals surface area contributed by atoms with Crippen LogP contribution in [0.5, 0.6) is 0 Å². The Balaban J connectivity index is 1.26. The van der Waals surface area contributed by atoms with Crippen LogP contribution in [-0.2, 0) is 18.4 Å². The molecule has 4 heterocycles. The Bertz CT molecular complexity index is 1880. The summed E-state index contributed by atoms with van der Waals surface area (Å²) < 4.78 is 34.8. The lowest BCUT2D eigenvalue weighted by molar-refractivity contribution is -0.0483. The number of rotatable bonds is 8. The van der Waals surface area contributed by atoms with Gasteiger partial charge in [-0.3, -0.25) is 13.7 Å². The monoisotopic (exact) mass is 624 g/mol. The van der Waals surface area contributed by atoms with E-state index in [9.17, 15) is 24.2 Å². The van der Waals surface area contributed by atoms with E-state index in [1.165, 1.54) is 10.9 Å². The topological polar surface area (TPSA) is 225 Å². The van der Waals surface area contributed by atoms with Gasteiger partial charge in [0.1, 0.15) is 18.3 Å². The van der Waals surface area contributed by atoms with E-state index >= 15 is 0 Å². The fourth-order valence-electron chi connectivity index (χ4n) is 4.79. The minimum absolute atomic E-state index is 0.138. The van der Waals surface area contributed by atoms with Crippen LogP contribution in [0.25, 0.3) is 33.0 Å². The van der Waals surface area contributed by atoms with E-state index in [1.54, 1.807) is 0 Å². The molecule has 0 spiro atoms. The molecular weight excluding hydrogens is 602 g/mol. The Labute approximate surface area is 235 Å². The molecule has 0 radical (unpaired) electrons. The zero-order valence-corrected chi connectivity index (χ0v) is 23.3. The first-order valence-electron chi connectivity index (χ1n) is 12.1. The molecule has 0 aliphatic carbocycles. The van der Waals surface area contributed by atoms with Crippen molar-refractivity contribution in [3.05, 3.63) is 54.1 Å². The molecule has 216 valence electrons. The first-order valence-corrected chi connectivity index (χ1v) is 16.0. The van der Waals surface area contributed by atoms with E-state index in [0.717, 1.165) is 21.8 Å². The molecule has 0 amide bonds. The molecule has 5 unspecified atom stereocenters. The van der Waals surface area contributed by atoms with Crippen molar-refractivity contribution in [1.82, 2.24) is 24.5 Å². The van der Waals surface area contributed by atoms with Crippen molar-refractivity contribution in [2.24, 2.45) is 0 Å². The number of fused-ring (bicyclic) bond motifs is 4. The van der Waals surface area contributed by atoms with Gasteiger partial charge in [-0.1, -0.05) is 18.2 Å². The molecule has 1 aliphatic heterocycles. The number of para-hydroxylation sites is 1. The number of ether oxygens (including phenoxy) is 1. The average molecular weight is 625 g/mol. The highest BCUT2D eigenvalue weighted by Crippen LogP contribution is 2.55. The fraction of sp³-hybridized carbons (Fsp3) is 0.261. The van der Waals surface area contributed by atoms with E-state index in [2.05, 4.69) is 25.3 Å². The van der Waals surface area contributed by atoms with Gasteiger partial charge in [-0.15, -0.1) is 0 Å². The average Bonchev–Trinajstić information content (AvgIpc) is 3.55. The van der Waals surface area contributed by atoms with Gasteiger partial charge in [0.2, 0.25) is 5.28 Å². The molecule has 6 rings (SSSR count). The molecule has 0 bridgehead atoms. The molecule has 7 N–H and O–H groups in total. The Morgan fingerprint density at radius 3 is 2.59 bits per heavy atom. The number of halogens is 1. The largest absolute Gasteiger partial charge is 0.387 e. The molecule has 3 aromatic heterocycles. The predicted molar refractivity (Wildman–Crippen MR) is 148 cm³/mol. The van der Waals surface area contributed by atoms with Gasteiger partial charge in [-0.05, 0) is 35.9 Å². The highest BCUT2D eigenvalue weighted by Gasteiger charge is 2.45. The van der Waals surface area contributed by atoms with Crippen molar-refractivity contribution < 1.29 is 43.3 Å². The molecular formula is C23H23ClN6O9P2. The number of imidazole rings is 1. The molecule has 5 aromatic rings. The highest BCUT2D eigenvalue weighted by atomic mass is 35.5. The molecule has 1 fully saturated rings. The van der Waals surface area contributed by atoms with Gasteiger partial charge in [-0.2, -0.15) is 9.97 Å². The van der Waals surface area contributed by atoms with Gasteiger partial charge >= 0.3 is 15.2 Å². The summed E-state index contributed by atoms with van der Waals surface area (Å²) in [5, 5.41) is 26.3. The van der Waals surface area contributed by atoms with Crippen molar-refractivity contribution in [2.45, 2.75) is 24.5 Å². The van der Waals surface area contributed by atoms with Gasteiger partial charge in [-0.25, -0.2) is 4.98 Å². The van der Waals surface area contributed by atoms with Crippen molar-refractivity contribution in [2.75, 3.05) is 17.8 Å². The third-order valence-corrected chi connectivity index (χ3v) is 10.2. The Morgan fingerprint density at radius 2 is 1.80 bits per heavy atom. The van der Waals surface area contributed by atoms with E-state index in [1.807, 2.05) is 42.5 Å². The van der Waals surface area contributed by atoms with Gasteiger partial charge in [0.05, 0.1) is 12.9 Å². The maximum Gasteiger partial charge on any atom is 0.340 e. The number of nitrogens with zero attached hydrogens (tertiary/aromatic N) is 4. The summed E-state index contributed by atoms with van der Waals surface area (Å²) in [7, 11) is -9.55. The molecule has 15 nitrogen and oxygen atoms in total. The lowest BCUT2D eigenvalue weighted by Crippen LogP contribution is -2.33. The van der Waals surface area contributed by atoms with Crippen LogP contribution in [-0.4, -0.2) is 80.2 Å². The molecule has 5 atom stereocenters. The summed E-state index contributed by atoms with van der Waals surface area (Å²) >= 11 is 6.22. The lowest BCUT2D eigenvalue weighted by Gasteiger charge is -2.18. The van der Waals surface area contributed by atoms with Gasteiger partial charge in [0.25, 0.3) is 0 Å². The number of aromatic amines is 1. The van der Waals surface area contributed by atoms with Crippen molar-refractivity contribution in [1.29, 1.82) is 0 Å². The SMILES string of the molecule is O=P(O)(O)CP(=O)(O)OCC1OC(n2cnc3c(Nc4ccc5[nH]c6ccccc6c5c4)nc(Cl)nc32)C(O)C1O. The number of nitrogens with one attached hydrogen (secondary N) is 2. The van der Waals surface area contributed by atoms with E-state index in [-0.39, 0.29) is 22.3 Å². The van der Waals surface area contributed by atoms with Crippen LogP contribution in [0.1, 0.15) is 6.23 Å². The second-order valence-electron chi connectivity index (χ2n) is 9.51. The van der Waals surface area contributed by atoms with E-state index < -0.39 is 52.2 Å². The fourth-order valence-corrected chi connectivity index (χ4v) is 7.52. The van der Waals surface area contributed by atoms with Crippen molar-refractivity contribution >= 4 is 71.3 Å². The smallest absolute Gasteiger partial charge is 0.340 e. The van der Waals surface area contributed by atoms with Crippen LogP contribution in [0.2, 0.25) is 5.28 Å². The highest BCUT2D eigenvalue weighted by molar-refractivity contribution is 7.70. The second-order valence-corrected chi connectivity index (χ2v) is 13.8. The quantitative estimate of drug-likeness (QED) is 0.0975. The Kier molecular flexibility index (Phi) is 7.15. The minimum atomic E-state index is -4.85. The third-order valence-electron chi connectivity index (χ3n) is 6.58. The maximum atomic E-state index is 12.0. The molecule has 1 saturated heterocycles. The molecule has 18 heteroatoms. The zero-order valence-electron chi connectivity index (χ0n) is 20.8. The van der Waals surface area contributed by atoms with Crippen LogP contribution in [0, 0.1) is 0 Å². The lowest BCUT2D eigenvalue weighted by atomic mass is 10.1. The summed E-state index contributed by atoms with van der Waals surface area (Å²) in [5.74, 6) is -1.14. The summed E-state index contributed by atoms with van der Waals surface area (Å²) in [6.45, 7) is -0.728. The number of anilines is 2. The Hall–Kier alpha value is -2.94. The molecule has 1 aliphatic rings. The van der Waals surface area contributed by atoms with E-state index in [4.69, 9.17) is 30.6 Å². The van der Waals surface area contributed by atoms with Crippen molar-refractivity contribution in [3.63, 3.8) is 0 Å². The summed E-state index contributed by atoms with van der Waals surface area (Å²) in [4.78, 5) is 43.8. The molecule has 2 aromatic carbocycles. The maximum absolute atomic E-state index is 12.0. The van der Waals surface area contributed by atoms with Crippen molar-refractivity contribution in [3.8, 4) is 0 Å². The van der Waals surface area contributed by atoms with Gasteiger partial charge in [0, 0.05) is 27.5 Å². The number of H-pyrrole nitrogens is 1.